The van der Waals surface area contributed by atoms with Gasteiger partial charge < -0.3 is 10.1 Å². The second-order valence-corrected chi connectivity index (χ2v) is 9.12. The summed E-state index contributed by atoms with van der Waals surface area (Å²) in [5.41, 5.74) is 1.79. The Balaban J connectivity index is 1.52. The van der Waals surface area contributed by atoms with Crippen molar-refractivity contribution in [1.29, 1.82) is 0 Å². The SMILES string of the molecule is COc1ccc(CNC(=O)C2CCCN2S(=O)(=O)c2cccc3nsnc23)cc1. The third kappa shape index (κ3) is 3.83. The molecular formula is C19H20N4O4S2. The van der Waals surface area contributed by atoms with Crippen LogP contribution in [-0.4, -0.2) is 47.1 Å². The number of rotatable bonds is 6. The Morgan fingerprint density at radius 2 is 2.03 bits per heavy atom. The lowest BCUT2D eigenvalue weighted by Gasteiger charge is -2.23. The molecule has 10 heteroatoms. The highest BCUT2D eigenvalue weighted by atomic mass is 32.2. The molecule has 0 radical (unpaired) electrons. The summed E-state index contributed by atoms with van der Waals surface area (Å²) >= 11 is 0.970. The number of nitrogens with zero attached hydrogens (tertiary/aromatic N) is 3. The van der Waals surface area contributed by atoms with E-state index in [1.54, 1.807) is 19.2 Å². The molecule has 2 aromatic carbocycles. The van der Waals surface area contributed by atoms with Crippen LogP contribution in [0.25, 0.3) is 11.0 Å². The van der Waals surface area contributed by atoms with E-state index in [9.17, 15) is 13.2 Å². The summed E-state index contributed by atoms with van der Waals surface area (Å²) in [6, 6.07) is 11.5. The predicted molar refractivity (Wildman–Crippen MR) is 109 cm³/mol. The van der Waals surface area contributed by atoms with Crippen LogP contribution in [0.5, 0.6) is 5.75 Å². The van der Waals surface area contributed by atoms with Gasteiger partial charge in [-0.25, -0.2) is 8.42 Å². The van der Waals surface area contributed by atoms with Gasteiger partial charge in [0, 0.05) is 13.1 Å². The van der Waals surface area contributed by atoms with Crippen LogP contribution >= 0.6 is 11.7 Å². The zero-order valence-corrected chi connectivity index (χ0v) is 17.4. The molecule has 1 amide bonds. The van der Waals surface area contributed by atoms with Gasteiger partial charge >= 0.3 is 0 Å². The number of fused-ring (bicyclic) bond motifs is 1. The Morgan fingerprint density at radius 1 is 1.24 bits per heavy atom. The van der Waals surface area contributed by atoms with E-state index in [2.05, 4.69) is 14.1 Å². The van der Waals surface area contributed by atoms with Crippen molar-refractivity contribution in [2.45, 2.75) is 30.3 Å². The average molecular weight is 433 g/mol. The van der Waals surface area contributed by atoms with Crippen molar-refractivity contribution in [3.63, 3.8) is 0 Å². The minimum Gasteiger partial charge on any atom is -0.497 e. The number of carbonyl (C=O) groups is 1. The molecule has 4 rings (SSSR count). The van der Waals surface area contributed by atoms with Crippen LogP contribution in [0, 0.1) is 0 Å². The number of amides is 1. The topological polar surface area (TPSA) is 101 Å². The first-order valence-corrected chi connectivity index (χ1v) is 11.3. The van der Waals surface area contributed by atoms with Gasteiger partial charge in [-0.3, -0.25) is 4.79 Å². The fourth-order valence-corrected chi connectivity index (χ4v) is 5.87. The first kappa shape index (κ1) is 19.7. The third-order valence-electron chi connectivity index (χ3n) is 4.97. The summed E-state index contributed by atoms with van der Waals surface area (Å²) in [6.07, 6.45) is 1.12. The number of benzene rings is 2. The molecule has 152 valence electrons. The predicted octanol–water partition coefficient (Wildman–Crippen LogP) is 2.17. The Morgan fingerprint density at radius 3 is 2.79 bits per heavy atom. The number of hydrogen-bond acceptors (Lipinski definition) is 7. The van der Waals surface area contributed by atoms with E-state index in [0.717, 1.165) is 23.0 Å². The molecule has 0 spiro atoms. The first-order valence-electron chi connectivity index (χ1n) is 9.14. The van der Waals surface area contributed by atoms with Gasteiger partial charge in [0.1, 0.15) is 27.7 Å². The van der Waals surface area contributed by atoms with Gasteiger partial charge in [-0.2, -0.15) is 13.1 Å². The summed E-state index contributed by atoms with van der Waals surface area (Å²) < 4.78 is 41.2. The van der Waals surface area contributed by atoms with Crippen LogP contribution in [0.2, 0.25) is 0 Å². The van der Waals surface area contributed by atoms with E-state index in [4.69, 9.17) is 4.74 Å². The summed E-state index contributed by atoms with van der Waals surface area (Å²) in [5.74, 6) is 0.435. The van der Waals surface area contributed by atoms with Crippen molar-refractivity contribution in [3.8, 4) is 5.75 Å². The van der Waals surface area contributed by atoms with Gasteiger partial charge in [-0.05, 0) is 42.7 Å². The lowest BCUT2D eigenvalue weighted by molar-refractivity contribution is -0.124. The van der Waals surface area contributed by atoms with E-state index in [1.165, 1.54) is 10.4 Å². The van der Waals surface area contributed by atoms with Crippen molar-refractivity contribution in [1.82, 2.24) is 18.4 Å². The standard InChI is InChI=1S/C19H20N4O4S2/c1-27-14-9-7-13(8-10-14)12-20-19(24)16-5-3-11-23(16)29(25,26)17-6-2-4-15-18(17)22-28-21-15/h2,4,6-10,16H,3,5,11-12H2,1H3,(H,20,24). The Bertz CT molecular complexity index is 1130. The van der Waals surface area contributed by atoms with Gasteiger partial charge in [0.25, 0.3) is 0 Å². The van der Waals surface area contributed by atoms with Crippen LogP contribution in [0.1, 0.15) is 18.4 Å². The molecule has 0 bridgehead atoms. The Hall–Kier alpha value is -2.56. The minimum atomic E-state index is -3.86. The van der Waals surface area contributed by atoms with E-state index < -0.39 is 16.1 Å². The van der Waals surface area contributed by atoms with Crippen molar-refractivity contribution < 1.29 is 17.9 Å². The number of carbonyl (C=O) groups excluding carboxylic acids is 1. The fourth-order valence-electron chi connectivity index (χ4n) is 3.46. The second kappa shape index (κ2) is 8.05. The molecule has 0 saturated carbocycles. The molecule has 1 aliphatic heterocycles. The molecule has 0 aliphatic carbocycles. The van der Waals surface area contributed by atoms with Crippen LogP contribution in [0.4, 0.5) is 0 Å². The van der Waals surface area contributed by atoms with Gasteiger partial charge in [-0.1, -0.05) is 18.2 Å². The van der Waals surface area contributed by atoms with Gasteiger partial charge in [0.2, 0.25) is 15.9 Å². The molecule has 1 unspecified atom stereocenters. The summed E-state index contributed by atoms with van der Waals surface area (Å²) in [7, 11) is -2.27. The molecule has 29 heavy (non-hydrogen) atoms. The van der Waals surface area contributed by atoms with Crippen LogP contribution in [0.15, 0.2) is 47.4 Å². The summed E-state index contributed by atoms with van der Waals surface area (Å²) in [6.45, 7) is 0.621. The maximum Gasteiger partial charge on any atom is 0.246 e. The molecule has 1 atom stereocenters. The molecular weight excluding hydrogens is 412 g/mol. The number of ether oxygens (including phenoxy) is 1. The fraction of sp³-hybridized carbons (Fsp3) is 0.316. The van der Waals surface area contributed by atoms with Crippen LogP contribution < -0.4 is 10.1 Å². The number of hydrogen-bond donors (Lipinski definition) is 1. The Kier molecular flexibility index (Phi) is 5.48. The van der Waals surface area contributed by atoms with E-state index >= 15 is 0 Å². The Labute approximate surface area is 172 Å². The van der Waals surface area contributed by atoms with Gasteiger partial charge in [0.15, 0.2) is 0 Å². The molecule has 2 heterocycles. The van der Waals surface area contributed by atoms with Crippen molar-refractivity contribution >= 4 is 38.7 Å². The number of nitrogens with one attached hydrogen (secondary N) is 1. The van der Waals surface area contributed by atoms with Crippen molar-refractivity contribution in [3.05, 3.63) is 48.0 Å². The van der Waals surface area contributed by atoms with Crippen molar-refractivity contribution in [2.24, 2.45) is 0 Å². The number of sulfonamides is 1. The highest BCUT2D eigenvalue weighted by Gasteiger charge is 2.40. The molecule has 3 aromatic rings. The lowest BCUT2D eigenvalue weighted by atomic mass is 10.2. The third-order valence-corrected chi connectivity index (χ3v) is 7.45. The lowest BCUT2D eigenvalue weighted by Crippen LogP contribution is -2.45. The quantitative estimate of drug-likeness (QED) is 0.641. The average Bonchev–Trinajstić information content (AvgIpc) is 3.41. The first-order chi connectivity index (χ1) is 14.0. The number of aromatic nitrogens is 2. The van der Waals surface area contributed by atoms with Crippen LogP contribution in [-0.2, 0) is 21.4 Å². The molecule has 1 N–H and O–H groups in total. The normalized spacial score (nSPS) is 17.5. The zero-order chi connectivity index (χ0) is 20.4. The molecule has 1 saturated heterocycles. The second-order valence-electron chi connectivity index (χ2n) is 6.73. The van der Waals surface area contributed by atoms with Crippen LogP contribution in [0.3, 0.4) is 0 Å². The zero-order valence-electron chi connectivity index (χ0n) is 15.7. The summed E-state index contributed by atoms with van der Waals surface area (Å²) in [4.78, 5) is 12.9. The maximum absolute atomic E-state index is 13.3. The molecule has 1 aliphatic rings. The van der Waals surface area contributed by atoms with Gasteiger partial charge in [0.05, 0.1) is 18.8 Å². The molecule has 1 fully saturated rings. The van der Waals surface area contributed by atoms with E-state index in [-0.39, 0.29) is 10.8 Å². The van der Waals surface area contributed by atoms with Gasteiger partial charge in [-0.15, -0.1) is 0 Å². The maximum atomic E-state index is 13.3. The van der Waals surface area contributed by atoms with E-state index in [0.29, 0.717) is 37.0 Å². The minimum absolute atomic E-state index is 0.0959. The van der Waals surface area contributed by atoms with E-state index in [1.807, 2.05) is 24.3 Å². The number of methoxy groups -OCH3 is 1. The molecule has 1 aromatic heterocycles. The summed E-state index contributed by atoms with van der Waals surface area (Å²) in [5, 5.41) is 2.85. The molecule has 8 nitrogen and oxygen atoms in total. The smallest absolute Gasteiger partial charge is 0.246 e. The highest BCUT2D eigenvalue weighted by molar-refractivity contribution is 7.89. The highest BCUT2D eigenvalue weighted by Crippen LogP contribution is 2.30. The largest absolute Gasteiger partial charge is 0.497 e. The van der Waals surface area contributed by atoms with Crippen molar-refractivity contribution in [2.75, 3.05) is 13.7 Å². The monoisotopic (exact) mass is 432 g/mol.